The van der Waals surface area contributed by atoms with E-state index in [1.54, 1.807) is 0 Å². The average molecular weight is 297 g/mol. The van der Waals surface area contributed by atoms with Gasteiger partial charge in [-0.2, -0.15) is 0 Å². The van der Waals surface area contributed by atoms with Crippen LogP contribution in [0.25, 0.3) is 0 Å². The Hall–Kier alpha value is -0.330. The minimum atomic E-state index is -3.83. The van der Waals surface area contributed by atoms with E-state index in [4.69, 9.17) is 28.3 Å². The predicted octanol–water partition coefficient (Wildman–Crippen LogP) is 2.14. The Labute approximate surface area is 111 Å². The zero-order valence-corrected chi connectivity index (χ0v) is 11.8. The standard InChI is InChI=1S/C10H14Cl2N2O2S/c1-6(2)14-5-7-3-10(17(13,15)16)9(12)4-8(7)11/h3-4,6,14H,5H2,1-2H3,(H2,13,15,16). The highest BCUT2D eigenvalue weighted by atomic mass is 35.5. The first-order valence-electron chi connectivity index (χ1n) is 4.96. The van der Waals surface area contributed by atoms with Gasteiger partial charge in [-0.15, -0.1) is 0 Å². The Balaban J connectivity index is 3.16. The van der Waals surface area contributed by atoms with Gasteiger partial charge in [0.05, 0.1) is 5.02 Å². The third-order valence-electron chi connectivity index (χ3n) is 2.11. The summed E-state index contributed by atoms with van der Waals surface area (Å²) < 4.78 is 22.6. The van der Waals surface area contributed by atoms with E-state index in [9.17, 15) is 8.42 Å². The van der Waals surface area contributed by atoms with Gasteiger partial charge >= 0.3 is 0 Å². The summed E-state index contributed by atoms with van der Waals surface area (Å²) in [7, 11) is -3.83. The number of nitrogens with two attached hydrogens (primary N) is 1. The Kier molecular flexibility index (Phi) is 4.80. The molecule has 0 aliphatic carbocycles. The molecule has 7 heteroatoms. The van der Waals surface area contributed by atoms with Crippen molar-refractivity contribution in [1.82, 2.24) is 5.32 Å². The zero-order chi connectivity index (χ0) is 13.2. The summed E-state index contributed by atoms with van der Waals surface area (Å²) >= 11 is 11.8. The number of hydrogen-bond donors (Lipinski definition) is 2. The van der Waals surface area contributed by atoms with Crippen molar-refractivity contribution in [3.05, 3.63) is 27.7 Å². The Morgan fingerprint density at radius 1 is 1.29 bits per heavy atom. The van der Waals surface area contributed by atoms with Crippen molar-refractivity contribution in [3.8, 4) is 0 Å². The van der Waals surface area contributed by atoms with E-state index in [1.165, 1.54) is 12.1 Å². The van der Waals surface area contributed by atoms with Gasteiger partial charge in [0, 0.05) is 17.6 Å². The van der Waals surface area contributed by atoms with Crippen molar-refractivity contribution in [2.45, 2.75) is 31.3 Å². The summed E-state index contributed by atoms with van der Waals surface area (Å²) in [6, 6.07) is 3.05. The van der Waals surface area contributed by atoms with E-state index < -0.39 is 10.0 Å². The van der Waals surface area contributed by atoms with E-state index in [1.807, 2.05) is 13.8 Å². The lowest BCUT2D eigenvalue weighted by molar-refractivity contribution is 0.586. The fourth-order valence-corrected chi connectivity index (χ4v) is 2.65. The number of sulfonamides is 1. The fraction of sp³-hybridized carbons (Fsp3) is 0.400. The van der Waals surface area contributed by atoms with Gasteiger partial charge in [0.15, 0.2) is 0 Å². The van der Waals surface area contributed by atoms with E-state index in [0.29, 0.717) is 17.1 Å². The van der Waals surface area contributed by atoms with Crippen LogP contribution in [0.15, 0.2) is 17.0 Å². The van der Waals surface area contributed by atoms with Crippen LogP contribution < -0.4 is 10.5 Å². The molecule has 96 valence electrons. The molecule has 4 nitrogen and oxygen atoms in total. The minimum Gasteiger partial charge on any atom is -0.310 e. The van der Waals surface area contributed by atoms with Crippen LogP contribution in [0.3, 0.4) is 0 Å². The molecule has 1 aromatic rings. The highest BCUT2D eigenvalue weighted by molar-refractivity contribution is 7.89. The van der Waals surface area contributed by atoms with Gasteiger partial charge in [-0.1, -0.05) is 37.0 Å². The van der Waals surface area contributed by atoms with Crippen LogP contribution in [-0.4, -0.2) is 14.5 Å². The molecule has 0 aliphatic rings. The maximum Gasteiger partial charge on any atom is 0.239 e. The Morgan fingerprint density at radius 2 is 1.88 bits per heavy atom. The highest BCUT2D eigenvalue weighted by Gasteiger charge is 2.16. The summed E-state index contributed by atoms with van der Waals surface area (Å²) in [6.07, 6.45) is 0. The average Bonchev–Trinajstić information content (AvgIpc) is 2.13. The highest BCUT2D eigenvalue weighted by Crippen LogP contribution is 2.27. The van der Waals surface area contributed by atoms with E-state index in [2.05, 4.69) is 5.32 Å². The quantitative estimate of drug-likeness (QED) is 0.894. The summed E-state index contributed by atoms with van der Waals surface area (Å²) in [4.78, 5) is -0.107. The topological polar surface area (TPSA) is 72.2 Å². The number of rotatable bonds is 4. The summed E-state index contributed by atoms with van der Waals surface area (Å²) in [6.45, 7) is 4.41. The van der Waals surface area contributed by atoms with Crippen LogP contribution in [0.5, 0.6) is 0 Å². The van der Waals surface area contributed by atoms with E-state index in [0.717, 1.165) is 0 Å². The molecule has 0 saturated carbocycles. The summed E-state index contributed by atoms with van der Waals surface area (Å²) in [5.74, 6) is 0. The minimum absolute atomic E-state index is 0.0331. The largest absolute Gasteiger partial charge is 0.310 e. The molecule has 0 atom stereocenters. The second-order valence-electron chi connectivity index (χ2n) is 3.95. The van der Waals surface area contributed by atoms with Crippen LogP contribution in [0.1, 0.15) is 19.4 Å². The van der Waals surface area contributed by atoms with E-state index in [-0.39, 0.29) is 16.0 Å². The van der Waals surface area contributed by atoms with Crippen LogP contribution in [0.4, 0.5) is 0 Å². The predicted molar refractivity (Wildman–Crippen MR) is 69.8 cm³/mol. The molecule has 0 heterocycles. The molecule has 17 heavy (non-hydrogen) atoms. The molecule has 0 radical (unpaired) electrons. The summed E-state index contributed by atoms with van der Waals surface area (Å²) in [5.41, 5.74) is 0.647. The van der Waals surface area contributed by atoms with Gasteiger partial charge in [-0.05, 0) is 17.7 Å². The van der Waals surface area contributed by atoms with Gasteiger partial charge < -0.3 is 5.32 Å². The second-order valence-corrected chi connectivity index (χ2v) is 6.30. The number of hydrogen-bond acceptors (Lipinski definition) is 3. The third kappa shape index (κ3) is 4.12. The van der Waals surface area contributed by atoms with Crippen molar-refractivity contribution in [2.75, 3.05) is 0 Å². The maximum atomic E-state index is 11.3. The number of halogens is 2. The Morgan fingerprint density at radius 3 is 2.35 bits per heavy atom. The normalized spacial score (nSPS) is 12.1. The van der Waals surface area contributed by atoms with Gasteiger partial charge in [0.2, 0.25) is 10.0 Å². The summed E-state index contributed by atoms with van der Waals surface area (Å²) in [5, 5.41) is 8.64. The molecule has 1 aromatic carbocycles. The van der Waals surface area contributed by atoms with E-state index >= 15 is 0 Å². The molecule has 0 saturated heterocycles. The molecule has 0 amide bonds. The van der Waals surface area contributed by atoms with Gasteiger partial charge in [0.25, 0.3) is 0 Å². The maximum absolute atomic E-state index is 11.3. The fourth-order valence-electron chi connectivity index (χ4n) is 1.24. The van der Waals surface area contributed by atoms with Gasteiger partial charge in [0.1, 0.15) is 4.90 Å². The molecule has 0 unspecified atom stereocenters. The molecule has 3 N–H and O–H groups in total. The van der Waals surface area contributed by atoms with Crippen molar-refractivity contribution >= 4 is 33.2 Å². The van der Waals surface area contributed by atoms with Crippen molar-refractivity contribution in [2.24, 2.45) is 5.14 Å². The molecule has 1 rings (SSSR count). The lowest BCUT2D eigenvalue weighted by Gasteiger charge is -2.11. The molecule has 0 aliphatic heterocycles. The lowest BCUT2D eigenvalue weighted by atomic mass is 10.2. The SMILES string of the molecule is CC(C)NCc1cc(S(N)(=O)=O)c(Cl)cc1Cl. The first kappa shape index (κ1) is 14.7. The second kappa shape index (κ2) is 5.54. The lowest BCUT2D eigenvalue weighted by Crippen LogP contribution is -2.22. The van der Waals surface area contributed by atoms with Crippen LogP contribution in [0, 0.1) is 0 Å². The van der Waals surface area contributed by atoms with Crippen LogP contribution >= 0.6 is 23.2 Å². The van der Waals surface area contributed by atoms with Gasteiger partial charge in [-0.25, -0.2) is 13.6 Å². The van der Waals surface area contributed by atoms with Crippen LogP contribution in [-0.2, 0) is 16.6 Å². The molecular formula is C10H14Cl2N2O2S. The smallest absolute Gasteiger partial charge is 0.239 e. The first-order chi connectivity index (χ1) is 7.71. The van der Waals surface area contributed by atoms with Crippen LogP contribution in [0.2, 0.25) is 10.0 Å². The molecule has 0 aromatic heterocycles. The Bertz CT molecular complexity index is 515. The third-order valence-corrected chi connectivity index (χ3v) is 3.84. The van der Waals surface area contributed by atoms with Crippen molar-refractivity contribution in [3.63, 3.8) is 0 Å². The monoisotopic (exact) mass is 296 g/mol. The zero-order valence-electron chi connectivity index (χ0n) is 9.50. The molecule has 0 fully saturated rings. The van der Waals surface area contributed by atoms with Gasteiger partial charge in [-0.3, -0.25) is 0 Å². The number of benzene rings is 1. The van der Waals surface area contributed by atoms with Crippen molar-refractivity contribution in [1.29, 1.82) is 0 Å². The molecule has 0 spiro atoms. The molecule has 0 bridgehead atoms. The van der Waals surface area contributed by atoms with Crippen molar-refractivity contribution < 1.29 is 8.42 Å². The number of primary sulfonamides is 1. The number of nitrogens with one attached hydrogen (secondary N) is 1. The molecular weight excluding hydrogens is 283 g/mol. The first-order valence-corrected chi connectivity index (χ1v) is 7.26.